The highest BCUT2D eigenvalue weighted by molar-refractivity contribution is 6.10. The van der Waals surface area contributed by atoms with E-state index in [-0.39, 0.29) is 0 Å². The predicted molar refractivity (Wildman–Crippen MR) is 237 cm³/mol. The maximum absolute atomic E-state index is 5.71. The zero-order chi connectivity index (χ0) is 38.2. The van der Waals surface area contributed by atoms with E-state index < -0.39 is 5.41 Å². The quantitative estimate of drug-likeness (QED) is 0.176. The van der Waals surface area contributed by atoms with Crippen molar-refractivity contribution in [3.8, 4) is 11.5 Å². The number of hydrogen-bond donors (Lipinski definition) is 0. The molecule has 0 saturated carbocycles. The topological polar surface area (TPSA) is 38.9 Å². The molecule has 0 aliphatic carbocycles. The van der Waals surface area contributed by atoms with Crippen molar-refractivity contribution < 1.29 is 0 Å². The summed E-state index contributed by atoms with van der Waals surface area (Å²) in [6.45, 7) is 0. The number of anilines is 3. The highest BCUT2D eigenvalue weighted by Crippen LogP contribution is 2.57. The van der Waals surface area contributed by atoms with Crippen molar-refractivity contribution in [2.45, 2.75) is 5.41 Å². The van der Waals surface area contributed by atoms with Crippen molar-refractivity contribution in [1.29, 1.82) is 0 Å². The van der Waals surface area contributed by atoms with Crippen molar-refractivity contribution in [1.82, 2.24) is 19.1 Å². The smallest absolute Gasteiger partial charge is 0.142 e. The first-order valence-electron chi connectivity index (χ1n) is 19.7. The number of fused-ring (bicyclic) bond motifs is 8. The van der Waals surface area contributed by atoms with Gasteiger partial charge >= 0.3 is 0 Å². The number of rotatable bonds is 5. The van der Waals surface area contributed by atoms with Crippen molar-refractivity contribution in [2.24, 2.45) is 0 Å². The zero-order valence-electron chi connectivity index (χ0n) is 31.4. The van der Waals surface area contributed by atoms with E-state index in [1.807, 2.05) is 12.4 Å². The molecule has 1 aliphatic heterocycles. The van der Waals surface area contributed by atoms with Crippen LogP contribution in [0.2, 0.25) is 0 Å². The summed E-state index contributed by atoms with van der Waals surface area (Å²) in [4.78, 5) is 12.9. The van der Waals surface area contributed by atoms with Crippen LogP contribution in [-0.4, -0.2) is 19.1 Å². The van der Waals surface area contributed by atoms with Crippen LogP contribution in [0.4, 0.5) is 17.2 Å². The fourth-order valence-corrected chi connectivity index (χ4v) is 9.77. The molecular formula is C53H35N5. The van der Waals surface area contributed by atoms with Gasteiger partial charge in [-0.15, -0.1) is 0 Å². The van der Waals surface area contributed by atoms with E-state index in [0.717, 1.165) is 56.3 Å². The van der Waals surface area contributed by atoms with E-state index in [0.29, 0.717) is 0 Å². The Balaban J connectivity index is 1.21. The van der Waals surface area contributed by atoms with E-state index >= 15 is 0 Å². The molecule has 0 unspecified atom stereocenters. The summed E-state index contributed by atoms with van der Waals surface area (Å²) in [6.07, 6.45) is 3.94. The van der Waals surface area contributed by atoms with Gasteiger partial charge in [0, 0.05) is 39.9 Å². The zero-order valence-corrected chi connectivity index (χ0v) is 31.4. The average molecular weight is 742 g/mol. The van der Waals surface area contributed by atoms with Gasteiger partial charge in [-0.3, -0.25) is 14.5 Å². The van der Waals surface area contributed by atoms with Crippen LogP contribution in [0.15, 0.2) is 213 Å². The molecule has 4 aromatic heterocycles. The number of benzene rings is 7. The van der Waals surface area contributed by atoms with Crippen molar-refractivity contribution >= 4 is 60.8 Å². The van der Waals surface area contributed by atoms with Gasteiger partial charge < -0.3 is 4.57 Å². The molecule has 1 aliphatic rings. The third-order valence-electron chi connectivity index (χ3n) is 12.1. The normalized spacial score (nSPS) is 13.3. The molecule has 0 fully saturated rings. The summed E-state index contributed by atoms with van der Waals surface area (Å²) in [7, 11) is 0. The van der Waals surface area contributed by atoms with E-state index in [2.05, 4.69) is 214 Å². The number of pyridine rings is 2. The molecule has 58 heavy (non-hydrogen) atoms. The van der Waals surface area contributed by atoms with Gasteiger partial charge in [-0.2, -0.15) is 0 Å². The second kappa shape index (κ2) is 12.6. The first-order chi connectivity index (χ1) is 28.8. The highest BCUT2D eigenvalue weighted by atomic mass is 15.2. The summed E-state index contributed by atoms with van der Waals surface area (Å²) in [5, 5.41) is 4.81. The third kappa shape index (κ3) is 4.53. The number of hydrogen-bond acceptors (Lipinski definition) is 3. The van der Waals surface area contributed by atoms with Crippen LogP contribution >= 0.6 is 0 Å². The Labute approximate surface area is 335 Å². The highest BCUT2D eigenvalue weighted by Gasteiger charge is 2.46. The maximum atomic E-state index is 5.71. The van der Waals surface area contributed by atoms with Crippen LogP contribution < -0.4 is 4.90 Å². The van der Waals surface area contributed by atoms with Gasteiger partial charge in [0.15, 0.2) is 0 Å². The molecule has 0 saturated heterocycles. The van der Waals surface area contributed by atoms with Gasteiger partial charge in [-0.1, -0.05) is 152 Å². The van der Waals surface area contributed by atoms with Crippen LogP contribution in [-0.2, 0) is 5.41 Å². The second-order valence-corrected chi connectivity index (χ2v) is 15.0. The van der Waals surface area contributed by atoms with Crippen molar-refractivity contribution in [2.75, 3.05) is 4.90 Å². The summed E-state index contributed by atoms with van der Waals surface area (Å²) < 4.78 is 4.72. The minimum absolute atomic E-state index is 0.617. The predicted octanol–water partition coefficient (Wildman–Crippen LogP) is 12.8. The van der Waals surface area contributed by atoms with E-state index in [9.17, 15) is 0 Å². The lowest BCUT2D eigenvalue weighted by molar-refractivity contribution is 0.727. The molecule has 0 bridgehead atoms. The molecule has 0 radical (unpaired) electrons. The Kier molecular flexibility index (Phi) is 7.07. The lowest BCUT2D eigenvalue weighted by atomic mass is 9.62. The van der Waals surface area contributed by atoms with Gasteiger partial charge in [0.1, 0.15) is 11.6 Å². The number of para-hydroxylation sites is 5. The molecule has 272 valence electrons. The molecule has 5 nitrogen and oxygen atoms in total. The van der Waals surface area contributed by atoms with Gasteiger partial charge in [-0.05, 0) is 58.7 Å². The van der Waals surface area contributed by atoms with Gasteiger partial charge in [0.25, 0.3) is 0 Å². The third-order valence-corrected chi connectivity index (χ3v) is 12.1. The molecule has 0 atom stereocenters. The van der Waals surface area contributed by atoms with Crippen molar-refractivity contribution in [3.05, 3.63) is 235 Å². The Morgan fingerprint density at radius 3 is 1.40 bits per heavy atom. The van der Waals surface area contributed by atoms with E-state index in [4.69, 9.17) is 9.97 Å². The Morgan fingerprint density at radius 2 is 0.828 bits per heavy atom. The number of nitrogens with zero attached hydrogens (tertiary/aromatic N) is 5. The standard InChI is InChI=1S/C53H35N5/c1-3-17-36(18-4-1)53(37-19-5-2-6-20-37)43-25-11-16-30-49(43)58(50-35-54-32-31-44(50)53)52-34-38(56-45-26-12-7-21-39(45)40-22-8-13-27-46(40)56)33-51(55-52)57-47-28-14-9-23-41(47)42-24-10-15-29-48(42)57/h1-35H. The Bertz CT molecular complexity index is 3030. The van der Waals surface area contributed by atoms with Crippen LogP contribution in [0.1, 0.15) is 22.3 Å². The Morgan fingerprint density at radius 1 is 0.379 bits per heavy atom. The first-order valence-corrected chi connectivity index (χ1v) is 19.7. The molecule has 0 amide bonds. The van der Waals surface area contributed by atoms with Crippen LogP contribution in [0.5, 0.6) is 0 Å². The molecule has 11 aromatic rings. The second-order valence-electron chi connectivity index (χ2n) is 15.0. The van der Waals surface area contributed by atoms with E-state index in [1.165, 1.54) is 38.2 Å². The first kappa shape index (κ1) is 32.5. The maximum Gasteiger partial charge on any atom is 0.142 e. The minimum atomic E-state index is -0.617. The number of aromatic nitrogens is 4. The van der Waals surface area contributed by atoms with Gasteiger partial charge in [0.2, 0.25) is 0 Å². The monoisotopic (exact) mass is 741 g/mol. The fourth-order valence-electron chi connectivity index (χ4n) is 9.77. The van der Waals surface area contributed by atoms with Crippen LogP contribution in [0.25, 0.3) is 55.1 Å². The van der Waals surface area contributed by atoms with Crippen LogP contribution in [0, 0.1) is 0 Å². The fraction of sp³-hybridized carbons (Fsp3) is 0.0189. The summed E-state index contributed by atoms with van der Waals surface area (Å²) >= 11 is 0. The molecule has 12 rings (SSSR count). The molecule has 0 N–H and O–H groups in total. The summed E-state index contributed by atoms with van der Waals surface area (Å²) in [5.41, 5.74) is 11.6. The molecule has 7 aromatic carbocycles. The largest absolute Gasteiger partial charge is 0.309 e. The van der Waals surface area contributed by atoms with Gasteiger partial charge in [0.05, 0.1) is 50.7 Å². The molecule has 5 heteroatoms. The van der Waals surface area contributed by atoms with E-state index in [1.54, 1.807) is 0 Å². The van der Waals surface area contributed by atoms with Crippen LogP contribution in [0.3, 0.4) is 0 Å². The lowest BCUT2D eigenvalue weighted by Crippen LogP contribution is -2.38. The van der Waals surface area contributed by atoms with Gasteiger partial charge in [-0.25, -0.2) is 4.98 Å². The average Bonchev–Trinajstić information content (AvgIpc) is 3.82. The lowest BCUT2D eigenvalue weighted by Gasteiger charge is -2.45. The molecule has 0 spiro atoms. The summed E-state index contributed by atoms with van der Waals surface area (Å²) in [5.74, 6) is 1.63. The van der Waals surface area contributed by atoms with Crippen molar-refractivity contribution in [3.63, 3.8) is 0 Å². The minimum Gasteiger partial charge on any atom is -0.309 e. The Hall–Kier alpha value is -7.76. The SMILES string of the molecule is c1ccc(C2(c3ccccc3)c3ccccc3N(c3cc(-n4c5ccccc5c5ccccc54)cc(-n4c5ccccc5c5ccccc54)n3)c3cnccc32)cc1. The molecular weight excluding hydrogens is 707 g/mol. The molecule has 5 heterocycles. The summed E-state index contributed by atoms with van der Waals surface area (Å²) in [6, 6.07) is 72.0.